The number of aryl methyl sites for hydroxylation is 1. The van der Waals surface area contributed by atoms with Crippen LogP contribution in [0.2, 0.25) is 0 Å². The van der Waals surface area contributed by atoms with Gasteiger partial charge in [0, 0.05) is 0 Å². The second-order valence-electron chi connectivity index (χ2n) is 2.98. The Kier molecular flexibility index (Phi) is 3.43. The highest BCUT2D eigenvalue weighted by atomic mass is 19.1. The first kappa shape index (κ1) is 10.5. The number of halogens is 1. The van der Waals surface area contributed by atoms with Gasteiger partial charge >= 0.3 is 0 Å². The molecule has 0 aliphatic carbocycles. The molecular weight excluding hydrogens is 183 g/mol. The van der Waals surface area contributed by atoms with E-state index in [1.807, 2.05) is 6.92 Å². The monoisotopic (exact) mass is 194 g/mol. The average molecular weight is 194 g/mol. The van der Waals surface area contributed by atoms with E-state index in [2.05, 4.69) is 0 Å². The largest absolute Gasteiger partial charge is 0.488 e. The molecular formula is C10H11FN2O. The molecule has 14 heavy (non-hydrogen) atoms. The Bertz CT molecular complexity index is 360. The van der Waals surface area contributed by atoms with Crippen LogP contribution in [0.25, 0.3) is 0 Å². The van der Waals surface area contributed by atoms with Crippen molar-refractivity contribution in [2.24, 2.45) is 5.73 Å². The van der Waals surface area contributed by atoms with E-state index >= 15 is 0 Å². The van der Waals surface area contributed by atoms with Crippen LogP contribution in [0.15, 0.2) is 18.2 Å². The summed E-state index contributed by atoms with van der Waals surface area (Å²) in [6.07, 6.45) is 0. The van der Waals surface area contributed by atoms with Crippen LogP contribution >= 0.6 is 0 Å². The van der Waals surface area contributed by atoms with Gasteiger partial charge in [0.2, 0.25) is 0 Å². The maximum Gasteiger partial charge on any atom is 0.165 e. The third-order valence-electron chi connectivity index (χ3n) is 1.67. The quantitative estimate of drug-likeness (QED) is 0.790. The summed E-state index contributed by atoms with van der Waals surface area (Å²) in [4.78, 5) is 0. The minimum Gasteiger partial charge on any atom is -0.488 e. The normalized spacial score (nSPS) is 11.9. The third kappa shape index (κ3) is 2.71. The van der Waals surface area contributed by atoms with Gasteiger partial charge in [0.25, 0.3) is 0 Å². The molecule has 1 atom stereocenters. The van der Waals surface area contributed by atoms with Gasteiger partial charge in [-0.15, -0.1) is 0 Å². The molecule has 0 spiro atoms. The Morgan fingerprint density at radius 3 is 3.00 bits per heavy atom. The van der Waals surface area contributed by atoms with Crippen LogP contribution in [-0.2, 0) is 0 Å². The molecule has 1 aromatic rings. The molecule has 0 aromatic heterocycles. The van der Waals surface area contributed by atoms with Crippen LogP contribution in [-0.4, -0.2) is 12.6 Å². The Hall–Kier alpha value is -1.60. The first-order chi connectivity index (χ1) is 6.63. The highest BCUT2D eigenvalue weighted by Gasteiger charge is 2.05. The van der Waals surface area contributed by atoms with E-state index in [9.17, 15) is 4.39 Å². The molecule has 3 nitrogen and oxygen atoms in total. The van der Waals surface area contributed by atoms with Crippen molar-refractivity contribution in [3.8, 4) is 11.8 Å². The van der Waals surface area contributed by atoms with Crippen molar-refractivity contribution in [2.75, 3.05) is 6.61 Å². The van der Waals surface area contributed by atoms with Crippen molar-refractivity contribution in [1.82, 2.24) is 0 Å². The van der Waals surface area contributed by atoms with Crippen LogP contribution in [0.4, 0.5) is 4.39 Å². The molecule has 0 radical (unpaired) electrons. The molecule has 0 bridgehead atoms. The van der Waals surface area contributed by atoms with E-state index in [1.165, 1.54) is 6.07 Å². The smallest absolute Gasteiger partial charge is 0.165 e. The first-order valence-corrected chi connectivity index (χ1v) is 4.17. The van der Waals surface area contributed by atoms with Gasteiger partial charge in [0.1, 0.15) is 12.6 Å². The topological polar surface area (TPSA) is 59.0 Å². The lowest BCUT2D eigenvalue weighted by atomic mass is 10.2. The molecule has 0 amide bonds. The summed E-state index contributed by atoms with van der Waals surface area (Å²) in [6.45, 7) is 1.83. The zero-order chi connectivity index (χ0) is 10.6. The van der Waals surface area contributed by atoms with Gasteiger partial charge in [0.15, 0.2) is 11.6 Å². The zero-order valence-electron chi connectivity index (χ0n) is 7.83. The Balaban J connectivity index is 2.67. The van der Waals surface area contributed by atoms with Crippen LogP contribution in [0.3, 0.4) is 0 Å². The summed E-state index contributed by atoms with van der Waals surface area (Å²) >= 11 is 0. The summed E-state index contributed by atoms with van der Waals surface area (Å²) in [7, 11) is 0. The summed E-state index contributed by atoms with van der Waals surface area (Å²) in [5.74, 6) is -0.309. The Morgan fingerprint density at radius 1 is 1.64 bits per heavy atom. The number of benzene rings is 1. The molecule has 0 saturated heterocycles. The molecule has 1 unspecified atom stereocenters. The lowest BCUT2D eigenvalue weighted by molar-refractivity contribution is 0.293. The van der Waals surface area contributed by atoms with E-state index in [0.717, 1.165) is 5.56 Å². The van der Waals surface area contributed by atoms with Crippen LogP contribution in [0.5, 0.6) is 5.75 Å². The molecule has 0 heterocycles. The van der Waals surface area contributed by atoms with Gasteiger partial charge in [-0.05, 0) is 24.6 Å². The SMILES string of the molecule is Cc1ccc(F)c(OCC(N)C#N)c1. The fraction of sp³-hybridized carbons (Fsp3) is 0.300. The average Bonchev–Trinajstić information content (AvgIpc) is 2.19. The second kappa shape index (κ2) is 4.58. The van der Waals surface area contributed by atoms with Crippen LogP contribution in [0.1, 0.15) is 5.56 Å². The number of nitrogens with zero attached hydrogens (tertiary/aromatic N) is 1. The summed E-state index contributed by atoms with van der Waals surface area (Å²) in [6, 6.07) is 5.61. The Labute approximate surface area is 81.9 Å². The van der Waals surface area contributed by atoms with E-state index < -0.39 is 11.9 Å². The van der Waals surface area contributed by atoms with Crippen molar-refractivity contribution < 1.29 is 9.13 Å². The fourth-order valence-corrected chi connectivity index (χ4v) is 0.938. The maximum atomic E-state index is 13.1. The molecule has 4 heteroatoms. The number of rotatable bonds is 3. The minimum atomic E-state index is -0.727. The van der Waals surface area contributed by atoms with Gasteiger partial charge < -0.3 is 10.5 Å². The van der Waals surface area contributed by atoms with Crippen molar-refractivity contribution in [1.29, 1.82) is 5.26 Å². The molecule has 0 saturated carbocycles. The Morgan fingerprint density at radius 2 is 2.36 bits per heavy atom. The van der Waals surface area contributed by atoms with Crippen molar-refractivity contribution >= 4 is 0 Å². The highest BCUT2D eigenvalue weighted by Crippen LogP contribution is 2.18. The standard InChI is InChI=1S/C10H11FN2O/c1-7-2-3-9(11)10(4-7)14-6-8(13)5-12/h2-4,8H,6,13H2,1H3. The predicted molar refractivity (Wildman–Crippen MR) is 50.2 cm³/mol. The molecule has 1 aromatic carbocycles. The van der Waals surface area contributed by atoms with Gasteiger partial charge in [-0.25, -0.2) is 4.39 Å². The maximum absolute atomic E-state index is 13.1. The summed E-state index contributed by atoms with van der Waals surface area (Å²) in [5.41, 5.74) is 6.20. The van der Waals surface area contributed by atoms with E-state index in [0.29, 0.717) is 0 Å². The lowest BCUT2D eigenvalue weighted by Gasteiger charge is -2.08. The molecule has 1 rings (SSSR count). The van der Waals surface area contributed by atoms with Crippen molar-refractivity contribution in [3.63, 3.8) is 0 Å². The van der Waals surface area contributed by atoms with Gasteiger partial charge in [0.05, 0.1) is 6.07 Å². The fourth-order valence-electron chi connectivity index (χ4n) is 0.938. The lowest BCUT2D eigenvalue weighted by Crippen LogP contribution is -2.25. The number of nitriles is 1. The molecule has 0 aliphatic heterocycles. The van der Waals surface area contributed by atoms with Crippen molar-refractivity contribution in [2.45, 2.75) is 13.0 Å². The minimum absolute atomic E-state index is 0.00310. The summed E-state index contributed by atoms with van der Waals surface area (Å²) < 4.78 is 18.1. The number of nitrogens with two attached hydrogens (primary N) is 1. The van der Waals surface area contributed by atoms with E-state index in [-0.39, 0.29) is 12.4 Å². The van der Waals surface area contributed by atoms with Crippen LogP contribution in [0, 0.1) is 24.1 Å². The molecule has 74 valence electrons. The van der Waals surface area contributed by atoms with Gasteiger partial charge in [-0.3, -0.25) is 0 Å². The molecule has 2 N–H and O–H groups in total. The predicted octanol–water partition coefficient (Wildman–Crippen LogP) is 1.36. The zero-order valence-corrected chi connectivity index (χ0v) is 7.83. The first-order valence-electron chi connectivity index (χ1n) is 4.17. The van der Waals surface area contributed by atoms with Gasteiger partial charge in [-0.2, -0.15) is 5.26 Å². The number of hydrogen-bond donors (Lipinski definition) is 1. The second-order valence-corrected chi connectivity index (χ2v) is 2.98. The number of ether oxygens (including phenoxy) is 1. The molecule has 0 fully saturated rings. The third-order valence-corrected chi connectivity index (χ3v) is 1.67. The van der Waals surface area contributed by atoms with Gasteiger partial charge in [-0.1, -0.05) is 6.07 Å². The summed E-state index contributed by atoms with van der Waals surface area (Å²) in [5, 5.41) is 8.39. The van der Waals surface area contributed by atoms with E-state index in [1.54, 1.807) is 18.2 Å². The van der Waals surface area contributed by atoms with Crippen molar-refractivity contribution in [3.05, 3.63) is 29.6 Å². The van der Waals surface area contributed by atoms with Crippen LogP contribution < -0.4 is 10.5 Å². The number of hydrogen-bond acceptors (Lipinski definition) is 3. The van der Waals surface area contributed by atoms with E-state index in [4.69, 9.17) is 15.7 Å². The highest BCUT2D eigenvalue weighted by molar-refractivity contribution is 5.29. The molecule has 0 aliphatic rings.